The first-order valence-electron chi connectivity index (χ1n) is 9.41. The third-order valence-corrected chi connectivity index (χ3v) is 4.64. The fourth-order valence-electron chi connectivity index (χ4n) is 3.15. The van der Waals surface area contributed by atoms with Crippen LogP contribution in [0.4, 0.5) is 16.3 Å². The summed E-state index contributed by atoms with van der Waals surface area (Å²) < 4.78 is 12.6. The van der Waals surface area contributed by atoms with Crippen molar-refractivity contribution in [3.63, 3.8) is 0 Å². The zero-order valence-electron chi connectivity index (χ0n) is 17.4. The largest absolute Gasteiger partial charge is 0.495 e. The van der Waals surface area contributed by atoms with Crippen LogP contribution in [-0.4, -0.2) is 45.1 Å². The van der Waals surface area contributed by atoms with E-state index in [0.717, 1.165) is 22.8 Å². The van der Waals surface area contributed by atoms with E-state index in [2.05, 4.69) is 15.7 Å². The van der Waals surface area contributed by atoms with E-state index in [1.807, 2.05) is 52.1 Å². The zero-order chi connectivity index (χ0) is 21.2. The lowest BCUT2D eigenvalue weighted by molar-refractivity contribution is 0.0224. The van der Waals surface area contributed by atoms with Gasteiger partial charge >= 0.3 is 6.09 Å². The number of methoxy groups -OCH3 is 1. The quantitative estimate of drug-likeness (QED) is 0.740. The normalized spacial score (nSPS) is 13.5. The summed E-state index contributed by atoms with van der Waals surface area (Å²) in [5, 5.41) is 11.3. The number of nitrogens with zero attached hydrogens (tertiary/aromatic N) is 3. The molecule has 0 atom stereocenters. The van der Waals surface area contributed by atoms with Gasteiger partial charge in [0.25, 0.3) is 0 Å². The van der Waals surface area contributed by atoms with E-state index in [1.54, 1.807) is 16.7 Å². The van der Waals surface area contributed by atoms with Crippen LogP contribution >= 0.6 is 12.2 Å². The van der Waals surface area contributed by atoms with Crippen molar-refractivity contribution < 1.29 is 14.3 Å². The number of anilines is 2. The van der Waals surface area contributed by atoms with Crippen LogP contribution in [-0.2, 0) is 24.8 Å². The SMILES string of the molecule is COc1ccccc1NC(=S)Nc1c2c(nn1C)CCN(C(=O)OC(C)(C)C)C2. The number of amides is 1. The number of nitrogens with one attached hydrogen (secondary N) is 2. The summed E-state index contributed by atoms with van der Waals surface area (Å²) in [6.07, 6.45) is 0.337. The number of rotatable bonds is 3. The van der Waals surface area contributed by atoms with E-state index in [-0.39, 0.29) is 6.09 Å². The summed E-state index contributed by atoms with van der Waals surface area (Å²) in [6.45, 7) is 6.57. The second-order valence-electron chi connectivity index (χ2n) is 7.83. The molecule has 0 bridgehead atoms. The highest BCUT2D eigenvalue weighted by Gasteiger charge is 2.29. The first-order chi connectivity index (χ1) is 13.7. The predicted octanol–water partition coefficient (Wildman–Crippen LogP) is 3.53. The first-order valence-corrected chi connectivity index (χ1v) is 9.82. The molecule has 1 aliphatic heterocycles. The number of hydrogen-bond donors (Lipinski definition) is 2. The van der Waals surface area contributed by atoms with Gasteiger partial charge in [0.05, 0.1) is 25.0 Å². The van der Waals surface area contributed by atoms with Crippen molar-refractivity contribution in [2.24, 2.45) is 7.05 Å². The molecule has 0 saturated heterocycles. The van der Waals surface area contributed by atoms with Crippen LogP contribution in [0.2, 0.25) is 0 Å². The van der Waals surface area contributed by atoms with Gasteiger partial charge in [0.2, 0.25) is 0 Å². The lowest BCUT2D eigenvalue weighted by Gasteiger charge is -2.30. The molecule has 1 aromatic carbocycles. The van der Waals surface area contributed by atoms with Crippen LogP contribution < -0.4 is 15.4 Å². The Morgan fingerprint density at radius 1 is 1.24 bits per heavy atom. The molecule has 1 amide bonds. The van der Waals surface area contributed by atoms with E-state index >= 15 is 0 Å². The number of ether oxygens (including phenoxy) is 2. The Bertz CT molecular complexity index is 919. The smallest absolute Gasteiger partial charge is 0.410 e. The molecule has 0 saturated carbocycles. The Labute approximate surface area is 176 Å². The minimum atomic E-state index is -0.534. The van der Waals surface area contributed by atoms with Gasteiger partial charge in [0.1, 0.15) is 17.2 Å². The molecule has 2 aromatic rings. The maximum Gasteiger partial charge on any atom is 0.410 e. The lowest BCUT2D eigenvalue weighted by atomic mass is 10.1. The summed E-state index contributed by atoms with van der Waals surface area (Å²) in [5.41, 5.74) is 2.12. The van der Waals surface area contributed by atoms with E-state index in [9.17, 15) is 4.79 Å². The van der Waals surface area contributed by atoms with Gasteiger partial charge in [-0.25, -0.2) is 4.79 Å². The number of fused-ring (bicyclic) bond motifs is 1. The van der Waals surface area contributed by atoms with Gasteiger partial charge in [-0.3, -0.25) is 4.68 Å². The lowest BCUT2D eigenvalue weighted by Crippen LogP contribution is -2.40. The van der Waals surface area contributed by atoms with Crippen LogP contribution in [0.5, 0.6) is 5.75 Å². The molecule has 0 fully saturated rings. The maximum atomic E-state index is 12.5. The third kappa shape index (κ3) is 4.97. The highest BCUT2D eigenvalue weighted by Crippen LogP contribution is 2.28. The average molecular weight is 418 g/mol. The third-order valence-electron chi connectivity index (χ3n) is 4.43. The molecule has 9 heteroatoms. The molecule has 0 aliphatic carbocycles. The van der Waals surface area contributed by atoms with E-state index in [1.165, 1.54) is 0 Å². The zero-order valence-corrected chi connectivity index (χ0v) is 18.2. The highest BCUT2D eigenvalue weighted by atomic mass is 32.1. The van der Waals surface area contributed by atoms with Crippen LogP contribution in [0.25, 0.3) is 0 Å². The average Bonchev–Trinajstić information content (AvgIpc) is 2.95. The van der Waals surface area contributed by atoms with Crippen molar-refractivity contribution >= 4 is 34.9 Å². The molecule has 0 unspecified atom stereocenters. The summed E-state index contributed by atoms with van der Waals surface area (Å²) >= 11 is 5.48. The van der Waals surface area contributed by atoms with Crippen LogP contribution in [0.3, 0.4) is 0 Å². The topological polar surface area (TPSA) is 80.7 Å². The summed E-state index contributed by atoms with van der Waals surface area (Å²) in [4.78, 5) is 14.2. The van der Waals surface area contributed by atoms with Gasteiger partial charge in [-0.15, -0.1) is 0 Å². The Balaban J connectivity index is 1.74. The standard InChI is InChI=1S/C20H27N5O3S/c1-20(2,3)28-19(26)25-11-10-14-13(12-25)17(24(4)23-14)22-18(29)21-15-8-6-7-9-16(15)27-5/h6-9H,10-12H2,1-5H3,(H2,21,22,29). The predicted molar refractivity (Wildman–Crippen MR) is 116 cm³/mol. The Kier molecular flexibility index (Phi) is 5.97. The van der Waals surface area contributed by atoms with Crippen molar-refractivity contribution in [1.29, 1.82) is 0 Å². The fraction of sp³-hybridized carbons (Fsp3) is 0.450. The number of carbonyl (C=O) groups excluding carboxylic acids is 1. The van der Waals surface area contributed by atoms with E-state index in [4.69, 9.17) is 21.7 Å². The van der Waals surface area contributed by atoms with Crippen LogP contribution in [0.1, 0.15) is 32.0 Å². The molecule has 2 heterocycles. The number of para-hydroxylation sites is 2. The Morgan fingerprint density at radius 2 is 1.97 bits per heavy atom. The van der Waals surface area contributed by atoms with E-state index in [0.29, 0.717) is 30.4 Å². The molecular formula is C20H27N5O3S. The van der Waals surface area contributed by atoms with Gasteiger partial charge in [0, 0.05) is 25.6 Å². The number of hydrogen-bond acceptors (Lipinski definition) is 5. The summed E-state index contributed by atoms with van der Waals surface area (Å²) in [7, 11) is 3.46. The minimum absolute atomic E-state index is 0.326. The van der Waals surface area contributed by atoms with Gasteiger partial charge in [0.15, 0.2) is 5.11 Å². The Hall–Kier alpha value is -2.81. The second-order valence-corrected chi connectivity index (χ2v) is 8.24. The fourth-order valence-corrected chi connectivity index (χ4v) is 3.36. The van der Waals surface area contributed by atoms with Crippen molar-refractivity contribution in [1.82, 2.24) is 14.7 Å². The monoisotopic (exact) mass is 417 g/mol. The van der Waals surface area contributed by atoms with Crippen LogP contribution in [0.15, 0.2) is 24.3 Å². The number of thiocarbonyl (C=S) groups is 1. The van der Waals surface area contributed by atoms with Crippen molar-refractivity contribution in [3.05, 3.63) is 35.5 Å². The number of benzene rings is 1. The molecule has 2 N–H and O–H groups in total. The minimum Gasteiger partial charge on any atom is -0.495 e. The molecule has 1 aromatic heterocycles. The molecule has 3 rings (SSSR count). The van der Waals surface area contributed by atoms with Gasteiger partial charge in [-0.1, -0.05) is 12.1 Å². The highest BCUT2D eigenvalue weighted by molar-refractivity contribution is 7.80. The number of aryl methyl sites for hydroxylation is 1. The molecular weight excluding hydrogens is 390 g/mol. The molecule has 0 radical (unpaired) electrons. The Morgan fingerprint density at radius 3 is 2.66 bits per heavy atom. The molecule has 1 aliphatic rings. The molecule has 8 nitrogen and oxygen atoms in total. The first kappa shape index (κ1) is 20.9. The van der Waals surface area contributed by atoms with Crippen molar-refractivity contribution in [2.45, 2.75) is 39.3 Å². The van der Waals surface area contributed by atoms with Gasteiger partial charge in [-0.05, 0) is 45.1 Å². The molecule has 0 spiro atoms. The molecule has 156 valence electrons. The maximum absolute atomic E-state index is 12.5. The van der Waals surface area contributed by atoms with Crippen molar-refractivity contribution in [3.8, 4) is 5.75 Å². The number of aromatic nitrogens is 2. The number of carbonyl (C=O) groups is 1. The van der Waals surface area contributed by atoms with Gasteiger partial charge < -0.3 is 25.0 Å². The van der Waals surface area contributed by atoms with Crippen molar-refractivity contribution in [2.75, 3.05) is 24.3 Å². The second kappa shape index (κ2) is 8.28. The van der Waals surface area contributed by atoms with E-state index < -0.39 is 5.60 Å². The molecule has 29 heavy (non-hydrogen) atoms. The van der Waals surface area contributed by atoms with Crippen LogP contribution in [0, 0.1) is 0 Å². The summed E-state index contributed by atoms with van der Waals surface area (Å²) in [5.74, 6) is 1.44. The summed E-state index contributed by atoms with van der Waals surface area (Å²) in [6, 6.07) is 7.53. The van der Waals surface area contributed by atoms with Gasteiger partial charge in [-0.2, -0.15) is 5.10 Å².